The molecule has 0 heterocycles. The number of para-hydroxylation sites is 1. The molecule has 0 radical (unpaired) electrons. The number of hydrazone groups is 1. The first kappa shape index (κ1) is 20.6. The lowest BCUT2D eigenvalue weighted by Crippen LogP contribution is -2.39. The first-order valence-electron chi connectivity index (χ1n) is 8.60. The molecule has 3 N–H and O–H groups in total. The fourth-order valence-corrected chi connectivity index (χ4v) is 2.58. The molecule has 6 nitrogen and oxygen atoms in total. The standard InChI is InChI=1S/C20H23BrN4O2/c1-13(2)11-22-19(26)20(27)25-23-12-15-10-16(21)8-9-18(15)24-17-7-5-4-6-14(17)3/h4-10,12-13,24H,11H2,1-3H3,(H,22,26)(H,25,27)/b23-12-. The molecular formula is C20H23BrN4O2. The van der Waals surface area contributed by atoms with Crippen LogP contribution in [0.15, 0.2) is 52.0 Å². The number of nitrogens with one attached hydrogen (secondary N) is 3. The molecule has 0 saturated carbocycles. The van der Waals surface area contributed by atoms with E-state index in [1.807, 2.05) is 63.2 Å². The Hall–Kier alpha value is -2.67. The maximum Gasteiger partial charge on any atom is 0.329 e. The number of hydrogen-bond acceptors (Lipinski definition) is 4. The first-order valence-corrected chi connectivity index (χ1v) is 9.39. The van der Waals surface area contributed by atoms with Gasteiger partial charge in [-0.25, -0.2) is 5.43 Å². The molecule has 142 valence electrons. The van der Waals surface area contributed by atoms with Gasteiger partial charge in [0.25, 0.3) is 0 Å². The summed E-state index contributed by atoms with van der Waals surface area (Å²) in [5, 5.41) is 9.81. The van der Waals surface area contributed by atoms with E-state index in [9.17, 15) is 9.59 Å². The monoisotopic (exact) mass is 430 g/mol. The Kier molecular flexibility index (Phi) is 7.55. The van der Waals surface area contributed by atoms with Crippen molar-refractivity contribution in [3.8, 4) is 0 Å². The van der Waals surface area contributed by atoms with Crippen LogP contribution >= 0.6 is 15.9 Å². The van der Waals surface area contributed by atoms with E-state index in [0.717, 1.165) is 27.0 Å². The Morgan fingerprint density at radius 1 is 1.11 bits per heavy atom. The Morgan fingerprint density at radius 2 is 1.85 bits per heavy atom. The number of nitrogens with zero attached hydrogens (tertiary/aromatic N) is 1. The lowest BCUT2D eigenvalue weighted by Gasteiger charge is -2.12. The Morgan fingerprint density at radius 3 is 2.56 bits per heavy atom. The molecule has 0 bridgehead atoms. The quantitative estimate of drug-likeness (QED) is 0.370. The molecule has 0 atom stereocenters. The van der Waals surface area contributed by atoms with E-state index in [0.29, 0.717) is 6.54 Å². The molecule has 0 spiro atoms. The zero-order valence-electron chi connectivity index (χ0n) is 15.5. The van der Waals surface area contributed by atoms with Crippen LogP contribution in [-0.4, -0.2) is 24.6 Å². The minimum Gasteiger partial charge on any atom is -0.355 e. The predicted molar refractivity (Wildman–Crippen MR) is 112 cm³/mol. The normalized spacial score (nSPS) is 10.9. The molecule has 0 fully saturated rings. The van der Waals surface area contributed by atoms with Crippen LogP contribution < -0.4 is 16.1 Å². The fourth-order valence-electron chi connectivity index (χ4n) is 2.20. The average molecular weight is 431 g/mol. The largest absolute Gasteiger partial charge is 0.355 e. The van der Waals surface area contributed by atoms with Gasteiger partial charge in [-0.1, -0.05) is 48.0 Å². The van der Waals surface area contributed by atoms with Crippen molar-refractivity contribution in [1.29, 1.82) is 0 Å². The van der Waals surface area contributed by atoms with E-state index in [1.165, 1.54) is 6.21 Å². The minimum absolute atomic E-state index is 0.266. The summed E-state index contributed by atoms with van der Waals surface area (Å²) in [6.45, 7) is 6.36. The summed E-state index contributed by atoms with van der Waals surface area (Å²) < 4.78 is 0.875. The highest BCUT2D eigenvalue weighted by atomic mass is 79.9. The molecule has 0 aromatic heterocycles. The minimum atomic E-state index is -0.796. The second-order valence-electron chi connectivity index (χ2n) is 6.47. The number of amides is 2. The predicted octanol–water partition coefficient (Wildman–Crippen LogP) is 3.72. The summed E-state index contributed by atoms with van der Waals surface area (Å²) in [6.07, 6.45) is 1.50. The lowest BCUT2D eigenvalue weighted by molar-refractivity contribution is -0.139. The number of aryl methyl sites for hydroxylation is 1. The van der Waals surface area contributed by atoms with Crippen LogP contribution in [0.1, 0.15) is 25.0 Å². The van der Waals surface area contributed by atoms with E-state index in [1.54, 1.807) is 0 Å². The van der Waals surface area contributed by atoms with Gasteiger partial charge in [0.2, 0.25) is 0 Å². The summed E-state index contributed by atoms with van der Waals surface area (Å²) in [5.74, 6) is -1.23. The van der Waals surface area contributed by atoms with Gasteiger partial charge in [-0.15, -0.1) is 0 Å². The molecular weight excluding hydrogens is 408 g/mol. The lowest BCUT2D eigenvalue weighted by atomic mass is 10.1. The molecule has 0 aliphatic rings. The smallest absolute Gasteiger partial charge is 0.329 e. The van der Waals surface area contributed by atoms with Gasteiger partial charge in [0.15, 0.2) is 0 Å². The molecule has 27 heavy (non-hydrogen) atoms. The Bertz CT molecular complexity index is 850. The van der Waals surface area contributed by atoms with E-state index in [2.05, 4.69) is 37.1 Å². The van der Waals surface area contributed by atoms with Gasteiger partial charge >= 0.3 is 11.8 Å². The maximum absolute atomic E-state index is 11.8. The van der Waals surface area contributed by atoms with Crippen LogP contribution in [0.3, 0.4) is 0 Å². The summed E-state index contributed by atoms with van der Waals surface area (Å²) in [6, 6.07) is 13.6. The van der Waals surface area contributed by atoms with Crippen molar-refractivity contribution in [2.75, 3.05) is 11.9 Å². The summed E-state index contributed by atoms with van der Waals surface area (Å²) in [5.41, 5.74) is 5.93. The Balaban J connectivity index is 2.08. The van der Waals surface area contributed by atoms with Gasteiger partial charge in [0.05, 0.1) is 6.21 Å². The number of anilines is 2. The van der Waals surface area contributed by atoms with Crippen molar-refractivity contribution in [2.24, 2.45) is 11.0 Å². The van der Waals surface area contributed by atoms with Crippen LogP contribution in [0.25, 0.3) is 0 Å². The Labute approximate surface area is 167 Å². The molecule has 0 aliphatic carbocycles. The van der Waals surface area contributed by atoms with Crippen LogP contribution in [-0.2, 0) is 9.59 Å². The van der Waals surface area contributed by atoms with Crippen molar-refractivity contribution < 1.29 is 9.59 Å². The maximum atomic E-state index is 11.8. The van der Waals surface area contributed by atoms with Gasteiger partial charge in [-0.2, -0.15) is 5.10 Å². The van der Waals surface area contributed by atoms with Crippen LogP contribution in [0.2, 0.25) is 0 Å². The third kappa shape index (κ3) is 6.53. The van der Waals surface area contributed by atoms with E-state index in [4.69, 9.17) is 0 Å². The van der Waals surface area contributed by atoms with Crippen LogP contribution in [0.4, 0.5) is 11.4 Å². The highest BCUT2D eigenvalue weighted by Gasteiger charge is 2.12. The molecule has 7 heteroatoms. The molecule has 2 amide bonds. The zero-order chi connectivity index (χ0) is 19.8. The number of carbonyl (C=O) groups excluding carboxylic acids is 2. The van der Waals surface area contributed by atoms with Crippen molar-refractivity contribution in [3.63, 3.8) is 0 Å². The molecule has 2 rings (SSSR count). The van der Waals surface area contributed by atoms with Gasteiger partial charge in [0.1, 0.15) is 0 Å². The third-order valence-electron chi connectivity index (χ3n) is 3.67. The number of benzene rings is 2. The SMILES string of the molecule is Cc1ccccc1Nc1ccc(Br)cc1/C=N\NC(=O)C(=O)NCC(C)C. The summed E-state index contributed by atoms with van der Waals surface area (Å²) in [7, 11) is 0. The summed E-state index contributed by atoms with van der Waals surface area (Å²) in [4.78, 5) is 23.4. The average Bonchev–Trinajstić information content (AvgIpc) is 2.63. The van der Waals surface area contributed by atoms with Gasteiger partial charge in [-0.05, 0) is 42.7 Å². The van der Waals surface area contributed by atoms with Crippen molar-refractivity contribution >= 4 is 45.3 Å². The van der Waals surface area contributed by atoms with E-state index < -0.39 is 11.8 Å². The first-order chi connectivity index (χ1) is 12.9. The second-order valence-corrected chi connectivity index (χ2v) is 7.39. The van der Waals surface area contributed by atoms with Crippen molar-refractivity contribution in [2.45, 2.75) is 20.8 Å². The second kappa shape index (κ2) is 9.87. The summed E-state index contributed by atoms with van der Waals surface area (Å²) >= 11 is 3.43. The zero-order valence-corrected chi connectivity index (χ0v) is 17.1. The third-order valence-corrected chi connectivity index (χ3v) is 4.17. The molecule has 0 unspecified atom stereocenters. The molecule has 2 aromatic carbocycles. The van der Waals surface area contributed by atoms with E-state index in [-0.39, 0.29) is 5.92 Å². The highest BCUT2D eigenvalue weighted by Crippen LogP contribution is 2.25. The number of hydrogen-bond donors (Lipinski definition) is 3. The topological polar surface area (TPSA) is 82.6 Å². The van der Waals surface area contributed by atoms with Crippen molar-refractivity contribution in [3.05, 3.63) is 58.1 Å². The van der Waals surface area contributed by atoms with Crippen LogP contribution in [0.5, 0.6) is 0 Å². The number of carbonyl (C=O) groups is 2. The van der Waals surface area contributed by atoms with Gasteiger partial charge in [0, 0.05) is 28.0 Å². The van der Waals surface area contributed by atoms with Gasteiger partial charge in [-0.3, -0.25) is 9.59 Å². The highest BCUT2D eigenvalue weighted by molar-refractivity contribution is 9.10. The number of rotatable bonds is 6. The molecule has 0 aliphatic heterocycles. The van der Waals surface area contributed by atoms with Crippen LogP contribution in [0, 0.1) is 12.8 Å². The molecule has 2 aromatic rings. The van der Waals surface area contributed by atoms with Gasteiger partial charge < -0.3 is 10.6 Å². The van der Waals surface area contributed by atoms with Crippen molar-refractivity contribution in [1.82, 2.24) is 10.7 Å². The molecule has 0 saturated heterocycles. The fraction of sp³-hybridized carbons (Fsp3) is 0.250. The van der Waals surface area contributed by atoms with E-state index >= 15 is 0 Å². The number of halogens is 1.